The molecule has 0 saturated heterocycles. The smallest absolute Gasteiger partial charge is 0.0491 e. The van der Waals surface area contributed by atoms with Gasteiger partial charge in [0.2, 0.25) is 0 Å². The number of para-hydroxylation sites is 1. The van der Waals surface area contributed by atoms with Crippen molar-refractivity contribution in [3.05, 3.63) is 60.7 Å². The molecule has 102 valence electrons. The first-order valence-corrected chi connectivity index (χ1v) is 7.24. The minimum Gasteiger partial charge on any atom is -0.339 e. The van der Waals surface area contributed by atoms with Crippen molar-refractivity contribution in [2.45, 2.75) is 13.5 Å². The van der Waals surface area contributed by atoms with Crippen LogP contribution in [0.1, 0.15) is 6.92 Å². The maximum absolute atomic E-state index is 3.41. The molecule has 2 nitrogen and oxygen atoms in total. The normalized spacial score (nSPS) is 11.1. The van der Waals surface area contributed by atoms with E-state index in [1.54, 1.807) is 0 Å². The number of aromatic nitrogens is 1. The molecule has 0 aliphatic carbocycles. The van der Waals surface area contributed by atoms with E-state index in [0.29, 0.717) is 0 Å². The van der Waals surface area contributed by atoms with Gasteiger partial charge in [-0.05, 0) is 24.2 Å². The van der Waals surface area contributed by atoms with E-state index in [2.05, 4.69) is 77.5 Å². The van der Waals surface area contributed by atoms with Crippen molar-refractivity contribution in [2.24, 2.45) is 0 Å². The van der Waals surface area contributed by atoms with E-state index in [0.717, 1.165) is 19.6 Å². The zero-order valence-corrected chi connectivity index (χ0v) is 11.8. The number of nitrogens with zero attached hydrogens (tertiary/aromatic N) is 1. The second-order valence-corrected chi connectivity index (χ2v) is 4.96. The highest BCUT2D eigenvalue weighted by molar-refractivity contribution is 5.87. The number of likely N-dealkylation sites (N-methyl/N-ethyl adjacent to an activating group) is 1. The van der Waals surface area contributed by atoms with Gasteiger partial charge in [0.15, 0.2) is 0 Å². The number of hydrogen-bond acceptors (Lipinski definition) is 1. The topological polar surface area (TPSA) is 17.0 Å². The minimum absolute atomic E-state index is 0.992. The molecule has 20 heavy (non-hydrogen) atoms. The first kappa shape index (κ1) is 12.9. The Balaban J connectivity index is 2.08. The Morgan fingerprint density at radius 2 is 1.70 bits per heavy atom. The molecular weight excluding hydrogens is 244 g/mol. The molecule has 3 aromatic rings. The fourth-order valence-corrected chi connectivity index (χ4v) is 2.67. The molecule has 3 rings (SSSR count). The van der Waals surface area contributed by atoms with Gasteiger partial charge in [-0.15, -0.1) is 0 Å². The van der Waals surface area contributed by atoms with Gasteiger partial charge >= 0.3 is 0 Å². The summed E-state index contributed by atoms with van der Waals surface area (Å²) in [7, 11) is 0. The fourth-order valence-electron chi connectivity index (χ4n) is 2.67. The molecule has 0 aliphatic rings. The third-order valence-corrected chi connectivity index (χ3v) is 3.64. The number of fused-ring (bicyclic) bond motifs is 1. The van der Waals surface area contributed by atoms with Crippen LogP contribution in [0.5, 0.6) is 0 Å². The predicted octanol–water partition coefficient (Wildman–Crippen LogP) is 3.92. The SMILES string of the molecule is CCNCCn1c(-c2ccccc2)cc2ccccc21. The lowest BCUT2D eigenvalue weighted by Gasteiger charge is -2.11. The van der Waals surface area contributed by atoms with Crippen molar-refractivity contribution in [1.82, 2.24) is 9.88 Å². The molecule has 1 aromatic heterocycles. The van der Waals surface area contributed by atoms with Crippen LogP contribution < -0.4 is 5.32 Å². The Labute approximate surface area is 120 Å². The Morgan fingerprint density at radius 3 is 2.50 bits per heavy atom. The molecule has 2 heteroatoms. The van der Waals surface area contributed by atoms with E-state index >= 15 is 0 Å². The molecule has 1 N–H and O–H groups in total. The minimum atomic E-state index is 0.992. The lowest BCUT2D eigenvalue weighted by atomic mass is 10.1. The summed E-state index contributed by atoms with van der Waals surface area (Å²) >= 11 is 0. The lowest BCUT2D eigenvalue weighted by Crippen LogP contribution is -2.19. The van der Waals surface area contributed by atoms with E-state index in [1.807, 2.05) is 0 Å². The van der Waals surface area contributed by atoms with Gasteiger partial charge in [-0.2, -0.15) is 0 Å². The monoisotopic (exact) mass is 264 g/mol. The van der Waals surface area contributed by atoms with Crippen LogP contribution in [0.4, 0.5) is 0 Å². The zero-order chi connectivity index (χ0) is 13.8. The molecule has 0 unspecified atom stereocenters. The Morgan fingerprint density at radius 1 is 0.950 bits per heavy atom. The van der Waals surface area contributed by atoms with E-state index in [4.69, 9.17) is 0 Å². The van der Waals surface area contributed by atoms with Crippen LogP contribution in [0.3, 0.4) is 0 Å². The maximum Gasteiger partial charge on any atom is 0.0491 e. The van der Waals surface area contributed by atoms with E-state index in [1.165, 1.54) is 22.2 Å². The number of rotatable bonds is 5. The van der Waals surface area contributed by atoms with Gasteiger partial charge in [0.1, 0.15) is 0 Å². The maximum atomic E-state index is 3.41. The third-order valence-electron chi connectivity index (χ3n) is 3.64. The molecule has 0 aliphatic heterocycles. The number of benzene rings is 2. The molecular formula is C18H20N2. The Bertz CT molecular complexity index is 683. The van der Waals surface area contributed by atoms with Crippen molar-refractivity contribution in [3.8, 4) is 11.3 Å². The van der Waals surface area contributed by atoms with Crippen LogP contribution in [0.25, 0.3) is 22.2 Å². The summed E-state index contributed by atoms with van der Waals surface area (Å²) in [6, 6.07) is 21.5. The van der Waals surface area contributed by atoms with Crippen molar-refractivity contribution in [1.29, 1.82) is 0 Å². The van der Waals surface area contributed by atoms with Gasteiger partial charge < -0.3 is 9.88 Å². The van der Waals surface area contributed by atoms with Crippen LogP contribution in [-0.2, 0) is 6.54 Å². The molecule has 0 saturated carbocycles. The van der Waals surface area contributed by atoms with Gasteiger partial charge in [-0.25, -0.2) is 0 Å². The van der Waals surface area contributed by atoms with Crippen molar-refractivity contribution in [3.63, 3.8) is 0 Å². The van der Waals surface area contributed by atoms with E-state index < -0.39 is 0 Å². The molecule has 0 radical (unpaired) electrons. The Kier molecular flexibility index (Phi) is 3.84. The first-order valence-electron chi connectivity index (χ1n) is 7.24. The van der Waals surface area contributed by atoms with Gasteiger partial charge in [0.25, 0.3) is 0 Å². The lowest BCUT2D eigenvalue weighted by molar-refractivity contribution is 0.630. The summed E-state index contributed by atoms with van der Waals surface area (Å²) in [5.41, 5.74) is 3.88. The largest absolute Gasteiger partial charge is 0.339 e. The van der Waals surface area contributed by atoms with Crippen LogP contribution in [0.15, 0.2) is 60.7 Å². The van der Waals surface area contributed by atoms with E-state index in [-0.39, 0.29) is 0 Å². The molecule has 0 atom stereocenters. The standard InChI is InChI=1S/C18H20N2/c1-2-19-12-13-20-17-11-7-6-10-16(17)14-18(20)15-8-4-3-5-9-15/h3-11,14,19H,2,12-13H2,1H3. The van der Waals surface area contributed by atoms with Crippen LogP contribution in [-0.4, -0.2) is 17.7 Å². The van der Waals surface area contributed by atoms with Gasteiger partial charge in [-0.1, -0.05) is 55.5 Å². The average molecular weight is 264 g/mol. The molecule has 0 fully saturated rings. The summed E-state index contributed by atoms with van der Waals surface area (Å²) in [4.78, 5) is 0. The van der Waals surface area contributed by atoms with Crippen molar-refractivity contribution in [2.75, 3.05) is 13.1 Å². The molecule has 2 aromatic carbocycles. The summed E-state index contributed by atoms with van der Waals surface area (Å²) in [6.45, 7) is 5.15. The first-order chi connectivity index (χ1) is 9.90. The van der Waals surface area contributed by atoms with Gasteiger partial charge in [0, 0.05) is 29.7 Å². The van der Waals surface area contributed by atoms with E-state index in [9.17, 15) is 0 Å². The zero-order valence-electron chi connectivity index (χ0n) is 11.8. The van der Waals surface area contributed by atoms with Crippen LogP contribution in [0, 0.1) is 0 Å². The summed E-state index contributed by atoms with van der Waals surface area (Å²) in [5.74, 6) is 0. The number of hydrogen-bond donors (Lipinski definition) is 1. The van der Waals surface area contributed by atoms with Crippen molar-refractivity contribution < 1.29 is 0 Å². The molecule has 0 amide bonds. The average Bonchev–Trinajstić information content (AvgIpc) is 2.87. The highest BCUT2D eigenvalue weighted by atomic mass is 15.0. The quantitative estimate of drug-likeness (QED) is 0.691. The number of nitrogens with one attached hydrogen (secondary N) is 1. The predicted molar refractivity (Wildman–Crippen MR) is 85.9 cm³/mol. The summed E-state index contributed by atoms with van der Waals surface area (Å²) < 4.78 is 2.41. The second kappa shape index (κ2) is 5.93. The van der Waals surface area contributed by atoms with Crippen molar-refractivity contribution >= 4 is 10.9 Å². The fraction of sp³-hybridized carbons (Fsp3) is 0.222. The summed E-state index contributed by atoms with van der Waals surface area (Å²) in [5, 5.41) is 4.72. The Hall–Kier alpha value is -2.06. The molecule has 0 spiro atoms. The van der Waals surface area contributed by atoms with Crippen LogP contribution >= 0.6 is 0 Å². The second-order valence-electron chi connectivity index (χ2n) is 4.96. The highest BCUT2D eigenvalue weighted by Crippen LogP contribution is 2.27. The van der Waals surface area contributed by atoms with Gasteiger partial charge in [0.05, 0.1) is 0 Å². The molecule has 0 bridgehead atoms. The summed E-state index contributed by atoms with van der Waals surface area (Å²) in [6.07, 6.45) is 0. The van der Waals surface area contributed by atoms with Crippen LogP contribution in [0.2, 0.25) is 0 Å². The van der Waals surface area contributed by atoms with Gasteiger partial charge in [-0.3, -0.25) is 0 Å². The molecule has 1 heterocycles. The third kappa shape index (κ3) is 2.47. The highest BCUT2D eigenvalue weighted by Gasteiger charge is 2.09.